The van der Waals surface area contributed by atoms with E-state index < -0.39 is 16.8 Å². The van der Waals surface area contributed by atoms with Gasteiger partial charge in [0, 0.05) is 42.8 Å². The lowest BCUT2D eigenvalue weighted by Gasteiger charge is -2.21. The van der Waals surface area contributed by atoms with E-state index in [0.29, 0.717) is 5.95 Å². The summed E-state index contributed by atoms with van der Waals surface area (Å²) in [4.78, 5) is 25.0. The van der Waals surface area contributed by atoms with E-state index in [4.69, 9.17) is 5.73 Å². The molecule has 0 unspecified atom stereocenters. The number of fused-ring (bicyclic) bond motifs is 1. The number of carbonyl (C=O) groups is 1. The van der Waals surface area contributed by atoms with Crippen LogP contribution in [-0.4, -0.2) is 60.0 Å². The Balaban J connectivity index is 1.18. The number of hydrogen-bond acceptors (Lipinski definition) is 7. The first kappa shape index (κ1) is 19.5. The van der Waals surface area contributed by atoms with Crippen molar-refractivity contribution in [1.82, 2.24) is 14.9 Å². The number of aromatic nitrogens is 2. The van der Waals surface area contributed by atoms with Gasteiger partial charge in [0.25, 0.3) is 0 Å². The molecule has 2 heterocycles. The monoisotopic (exact) mass is 435 g/mol. The van der Waals surface area contributed by atoms with Crippen molar-refractivity contribution >= 4 is 29.0 Å². The first-order valence-electron chi connectivity index (χ1n) is 11.0. The van der Waals surface area contributed by atoms with Gasteiger partial charge in [-0.3, -0.25) is 4.79 Å². The highest BCUT2D eigenvalue weighted by atomic mass is 19.1. The van der Waals surface area contributed by atoms with Gasteiger partial charge in [-0.25, -0.2) is 9.37 Å². The molecule has 1 aromatic carbocycles. The Hall–Kier alpha value is -3.20. The summed E-state index contributed by atoms with van der Waals surface area (Å²) in [5.41, 5.74) is 7.92. The molecule has 4 N–H and O–H groups in total. The molecule has 1 aliphatic heterocycles. The molecule has 2 saturated carbocycles. The highest BCUT2D eigenvalue weighted by Crippen LogP contribution is 2.91. The summed E-state index contributed by atoms with van der Waals surface area (Å²) in [5.74, 6) is -0.440. The third-order valence-corrected chi connectivity index (χ3v) is 7.60. The average Bonchev–Trinajstić information content (AvgIpc) is 3.20. The molecule has 1 aromatic heterocycles. The summed E-state index contributed by atoms with van der Waals surface area (Å²) in [6.45, 7) is 3.01. The predicted octanol–water partition coefficient (Wildman–Crippen LogP) is 1.74. The number of anilines is 4. The van der Waals surface area contributed by atoms with Crippen LogP contribution in [0.1, 0.15) is 5.56 Å². The summed E-state index contributed by atoms with van der Waals surface area (Å²) >= 11 is 0. The fourth-order valence-electron chi connectivity index (χ4n) is 5.93. The minimum atomic E-state index is -0.601. The number of hydrogen-bond donors (Lipinski definition) is 3. The van der Waals surface area contributed by atoms with Crippen LogP contribution in [0.5, 0.6) is 0 Å². The zero-order valence-corrected chi connectivity index (χ0v) is 18.1. The van der Waals surface area contributed by atoms with Crippen LogP contribution in [0.15, 0.2) is 36.5 Å². The number of benzene rings is 1. The number of halogens is 1. The van der Waals surface area contributed by atoms with Crippen LogP contribution in [-0.2, 0) is 11.2 Å². The summed E-state index contributed by atoms with van der Waals surface area (Å²) in [7, 11) is 4.16. The Kier molecular flexibility index (Phi) is 3.90. The van der Waals surface area contributed by atoms with E-state index >= 15 is 0 Å². The van der Waals surface area contributed by atoms with Gasteiger partial charge in [0.2, 0.25) is 11.9 Å². The molecular weight excluding hydrogens is 409 g/mol. The fourth-order valence-corrected chi connectivity index (χ4v) is 5.93. The number of nitrogens with two attached hydrogens (primary N) is 1. The number of amides is 1. The molecular formula is C23H26FN7O. The van der Waals surface area contributed by atoms with Crippen LogP contribution in [0.25, 0.3) is 0 Å². The van der Waals surface area contributed by atoms with Gasteiger partial charge in [0.05, 0.1) is 17.2 Å². The van der Waals surface area contributed by atoms with E-state index in [1.54, 1.807) is 0 Å². The average molecular weight is 436 g/mol. The maximum atomic E-state index is 14.5. The van der Waals surface area contributed by atoms with Crippen molar-refractivity contribution in [2.45, 2.75) is 12.0 Å². The number of primary amides is 1. The van der Waals surface area contributed by atoms with Gasteiger partial charge >= 0.3 is 0 Å². The lowest BCUT2D eigenvalue weighted by molar-refractivity contribution is -0.121. The number of nitrogens with one attached hydrogen (secondary N) is 2. The predicted molar refractivity (Wildman–Crippen MR) is 120 cm³/mol. The molecule has 0 spiro atoms. The Morgan fingerprint density at radius 2 is 2.12 bits per heavy atom. The zero-order valence-electron chi connectivity index (χ0n) is 18.1. The van der Waals surface area contributed by atoms with Crippen LogP contribution in [0.2, 0.25) is 0 Å². The smallest absolute Gasteiger partial charge is 0.229 e. The normalized spacial score (nSPS) is 30.3. The molecule has 4 aliphatic carbocycles. The minimum Gasteiger partial charge on any atom is -0.370 e. The van der Waals surface area contributed by atoms with Crippen LogP contribution in [0.4, 0.5) is 27.5 Å². The molecule has 32 heavy (non-hydrogen) atoms. The van der Waals surface area contributed by atoms with Crippen molar-refractivity contribution < 1.29 is 9.18 Å². The lowest BCUT2D eigenvalue weighted by atomic mass is 10.0. The van der Waals surface area contributed by atoms with Crippen LogP contribution >= 0.6 is 0 Å². The third kappa shape index (κ3) is 2.42. The molecule has 0 radical (unpaired) electrons. The van der Waals surface area contributed by atoms with E-state index in [9.17, 15) is 9.18 Å². The number of likely N-dealkylation sites (N-methyl/N-ethyl adjacent to an activating group) is 1. The van der Waals surface area contributed by atoms with E-state index in [-0.39, 0.29) is 23.6 Å². The molecule has 2 fully saturated rings. The maximum absolute atomic E-state index is 14.5. The Morgan fingerprint density at radius 3 is 2.81 bits per heavy atom. The van der Waals surface area contributed by atoms with Gasteiger partial charge in [-0.1, -0.05) is 12.2 Å². The van der Waals surface area contributed by atoms with Crippen LogP contribution < -0.4 is 21.3 Å². The summed E-state index contributed by atoms with van der Waals surface area (Å²) in [5, 5.41) is 6.37. The highest BCUT2D eigenvalue weighted by molar-refractivity contribution is 5.99. The van der Waals surface area contributed by atoms with Crippen LogP contribution in [0.3, 0.4) is 0 Å². The molecule has 2 atom stereocenters. The number of nitrogens with zero attached hydrogens (tertiary/aromatic N) is 4. The highest BCUT2D eigenvalue weighted by Gasteiger charge is 3.02. The van der Waals surface area contributed by atoms with Gasteiger partial charge in [0.15, 0.2) is 11.6 Å². The van der Waals surface area contributed by atoms with E-state index in [1.165, 1.54) is 11.3 Å². The Morgan fingerprint density at radius 1 is 1.34 bits per heavy atom. The standard InChI is InChI=1S/C23H26FN7O/c1-30(2)9-10-31-8-7-13-11-14(3-4-16(13)31)27-21-26-12-15(24)19(28-21)29-23-17-5-6-18(23)22(17,23)20(25)32/h3-6,11-12,17-18H,7-10H2,1-2H3,(H2,25,32)(H2,26,27,28,29)/t17-,18-,22-,23+/m1/s1. The Bertz CT molecular complexity index is 1150. The van der Waals surface area contributed by atoms with E-state index in [1.807, 2.05) is 18.2 Å². The fraction of sp³-hybridized carbons (Fsp3) is 0.435. The molecule has 5 aliphatic rings. The molecule has 2 aromatic rings. The first-order chi connectivity index (χ1) is 15.4. The van der Waals surface area contributed by atoms with Crippen molar-refractivity contribution in [2.24, 2.45) is 23.0 Å². The molecule has 166 valence electrons. The number of carbonyl (C=O) groups excluding carboxylic acids is 1. The Labute approximate surface area is 185 Å². The van der Waals surface area contributed by atoms with Crippen molar-refractivity contribution in [3.63, 3.8) is 0 Å². The van der Waals surface area contributed by atoms with Gasteiger partial charge in [-0.2, -0.15) is 4.98 Å². The molecule has 2 bridgehead atoms. The zero-order chi connectivity index (χ0) is 22.3. The summed E-state index contributed by atoms with van der Waals surface area (Å²) in [6.07, 6.45) is 6.12. The van der Waals surface area contributed by atoms with E-state index in [0.717, 1.165) is 37.9 Å². The summed E-state index contributed by atoms with van der Waals surface area (Å²) < 4.78 is 14.5. The largest absolute Gasteiger partial charge is 0.370 e. The quantitative estimate of drug-likeness (QED) is 0.543. The lowest BCUT2D eigenvalue weighted by Crippen LogP contribution is -2.30. The van der Waals surface area contributed by atoms with Crippen molar-refractivity contribution in [3.05, 3.63) is 47.9 Å². The van der Waals surface area contributed by atoms with Gasteiger partial charge in [-0.05, 0) is 44.3 Å². The molecule has 1 amide bonds. The second kappa shape index (κ2) is 6.41. The molecule has 0 saturated heterocycles. The second-order valence-electron chi connectivity index (χ2n) is 9.47. The molecule has 7 rings (SSSR count). The van der Waals surface area contributed by atoms with Gasteiger partial charge in [-0.15, -0.1) is 0 Å². The van der Waals surface area contributed by atoms with Crippen LogP contribution in [0, 0.1) is 23.1 Å². The summed E-state index contributed by atoms with van der Waals surface area (Å²) in [6, 6.07) is 6.21. The molecule has 9 heteroatoms. The van der Waals surface area contributed by atoms with E-state index in [2.05, 4.69) is 56.6 Å². The van der Waals surface area contributed by atoms with Gasteiger partial charge in [0.1, 0.15) is 0 Å². The molecule has 8 nitrogen and oxygen atoms in total. The second-order valence-corrected chi connectivity index (χ2v) is 9.47. The minimum absolute atomic E-state index is 0.0235. The number of rotatable bonds is 8. The van der Waals surface area contributed by atoms with Crippen molar-refractivity contribution in [2.75, 3.05) is 49.3 Å². The third-order valence-electron chi connectivity index (χ3n) is 7.60. The first-order valence-corrected chi connectivity index (χ1v) is 11.0. The van der Waals surface area contributed by atoms with Crippen molar-refractivity contribution in [3.8, 4) is 0 Å². The maximum Gasteiger partial charge on any atom is 0.229 e. The SMILES string of the molecule is CN(C)CCN1CCc2cc(Nc3ncc(F)c(N[C@]45[C@@H]6C=C[C@@H]4[C@]65C(N)=O)n3)ccc21. The van der Waals surface area contributed by atoms with Crippen molar-refractivity contribution in [1.29, 1.82) is 0 Å². The topological polar surface area (TPSA) is 99.4 Å². The van der Waals surface area contributed by atoms with Gasteiger partial charge < -0.3 is 26.2 Å².